The van der Waals surface area contributed by atoms with Crippen LogP contribution >= 0.6 is 0 Å². The van der Waals surface area contributed by atoms with E-state index in [1.165, 1.54) is 20.8 Å². The maximum absolute atomic E-state index is 13.2. The van der Waals surface area contributed by atoms with E-state index >= 15 is 0 Å². The molecule has 0 aliphatic rings. The topological polar surface area (TPSA) is 359 Å². The van der Waals surface area contributed by atoms with Crippen molar-refractivity contribution in [1.29, 1.82) is 0 Å². The van der Waals surface area contributed by atoms with Crippen molar-refractivity contribution in [3.8, 4) is 0 Å². The summed E-state index contributed by atoms with van der Waals surface area (Å²) < 4.78 is 0. The number of carboxylic acids is 2. The first-order valence-corrected chi connectivity index (χ1v) is 13.8. The number of nitrogens with one attached hydrogen (secondary N) is 6. The summed E-state index contributed by atoms with van der Waals surface area (Å²) in [5.74, 6) is -10.8. The van der Waals surface area contributed by atoms with Gasteiger partial charge >= 0.3 is 11.9 Å². The lowest BCUT2D eigenvalue weighted by Crippen LogP contribution is -2.61. The predicted octanol–water partition coefficient (Wildman–Crippen LogP) is -6.66. The second-order valence-corrected chi connectivity index (χ2v) is 10.3. The molecule has 0 saturated heterocycles. The van der Waals surface area contributed by atoms with Crippen molar-refractivity contribution in [2.45, 2.75) is 76.3 Å². The monoisotopic (exact) mass is 662 g/mol. The van der Waals surface area contributed by atoms with Gasteiger partial charge < -0.3 is 63.8 Å². The first-order valence-electron chi connectivity index (χ1n) is 13.8. The molecule has 7 amide bonds. The molecule has 0 spiro atoms. The van der Waals surface area contributed by atoms with Gasteiger partial charge in [0.1, 0.15) is 36.3 Å². The van der Waals surface area contributed by atoms with Crippen molar-refractivity contribution in [3.05, 3.63) is 0 Å². The van der Waals surface area contributed by atoms with E-state index in [0.717, 1.165) is 0 Å². The average molecular weight is 663 g/mol. The quantitative estimate of drug-likeness (QED) is 0.0544. The van der Waals surface area contributed by atoms with Crippen LogP contribution in [0.15, 0.2) is 0 Å². The molecule has 0 aliphatic heterocycles. The number of nitrogens with two attached hydrogens (primary N) is 2. The van der Waals surface area contributed by atoms with E-state index in [0.29, 0.717) is 0 Å². The van der Waals surface area contributed by atoms with Crippen LogP contribution in [0.25, 0.3) is 0 Å². The molecule has 260 valence electrons. The van der Waals surface area contributed by atoms with Crippen LogP contribution in [0.4, 0.5) is 0 Å². The Morgan fingerprint density at radius 2 is 1.11 bits per heavy atom. The van der Waals surface area contributed by atoms with Crippen molar-refractivity contribution in [2.24, 2.45) is 17.4 Å². The molecular weight excluding hydrogens is 620 g/mol. The van der Waals surface area contributed by atoms with Crippen LogP contribution in [0, 0.1) is 5.92 Å². The van der Waals surface area contributed by atoms with Gasteiger partial charge in [-0.1, -0.05) is 13.8 Å². The second-order valence-electron chi connectivity index (χ2n) is 10.3. The molecular formula is C25H42N8O13. The van der Waals surface area contributed by atoms with Gasteiger partial charge in [0.05, 0.1) is 26.2 Å². The number of amides is 7. The van der Waals surface area contributed by atoms with Crippen molar-refractivity contribution in [3.63, 3.8) is 0 Å². The van der Waals surface area contributed by atoms with Crippen LogP contribution < -0.4 is 43.4 Å². The van der Waals surface area contributed by atoms with Gasteiger partial charge in [-0.15, -0.1) is 0 Å². The van der Waals surface area contributed by atoms with Gasteiger partial charge in [0.25, 0.3) is 0 Å². The van der Waals surface area contributed by atoms with Crippen molar-refractivity contribution >= 4 is 53.3 Å². The standard InChI is InChI=1S/C25H42N8O13/c1-10(2)19(24(44)29-12(4-5-18(38)39)21(41)32-15(9-35)25(45)46)33-22(42)13(6-16(27)36)30-23(43)14(8-34)31-20(40)11(3)28-17(37)7-26/h10-15,19,34-35H,4-9,26H2,1-3H3,(H2,27,36)(H,28,37)(H,29,44)(H,30,43)(H,31,40)(H,32,41)(H,33,42)(H,38,39)(H,45,46)/t11-,12-,13-,14-,15-,19-/m0/s1. The number of rotatable bonds is 21. The normalized spacial score (nSPS) is 14.7. The number of aliphatic hydroxyl groups excluding tert-OH is 2. The van der Waals surface area contributed by atoms with E-state index in [1.807, 2.05) is 5.32 Å². The van der Waals surface area contributed by atoms with Crippen molar-refractivity contribution < 1.29 is 63.6 Å². The fourth-order valence-corrected chi connectivity index (χ4v) is 3.58. The summed E-state index contributed by atoms with van der Waals surface area (Å²) in [4.78, 5) is 109. The summed E-state index contributed by atoms with van der Waals surface area (Å²) in [6.45, 7) is 1.78. The fourth-order valence-electron chi connectivity index (χ4n) is 3.58. The third kappa shape index (κ3) is 14.7. The molecule has 6 atom stereocenters. The molecule has 21 nitrogen and oxygen atoms in total. The summed E-state index contributed by atoms with van der Waals surface area (Å²) in [6, 6.07) is -9.45. The number of hydrogen-bond acceptors (Lipinski definition) is 12. The molecule has 0 bridgehead atoms. The molecule has 0 aliphatic carbocycles. The lowest BCUT2D eigenvalue weighted by atomic mass is 10.0. The van der Waals surface area contributed by atoms with Crippen LogP contribution in [0.5, 0.6) is 0 Å². The molecule has 46 heavy (non-hydrogen) atoms. The van der Waals surface area contributed by atoms with Gasteiger partial charge in [0.2, 0.25) is 41.4 Å². The highest BCUT2D eigenvalue weighted by Crippen LogP contribution is 2.07. The fraction of sp³-hybridized carbons (Fsp3) is 0.640. The molecule has 0 aromatic rings. The lowest BCUT2D eigenvalue weighted by molar-refractivity contribution is -0.144. The highest BCUT2D eigenvalue weighted by Gasteiger charge is 2.34. The maximum atomic E-state index is 13.2. The highest BCUT2D eigenvalue weighted by atomic mass is 16.4. The molecule has 0 aromatic carbocycles. The Morgan fingerprint density at radius 3 is 1.57 bits per heavy atom. The number of hydrogen-bond donors (Lipinski definition) is 12. The number of carbonyl (C=O) groups excluding carboxylic acids is 7. The molecule has 0 aromatic heterocycles. The number of primary amides is 1. The highest BCUT2D eigenvalue weighted by molar-refractivity contribution is 5.98. The largest absolute Gasteiger partial charge is 0.481 e. The molecule has 21 heteroatoms. The molecule has 0 unspecified atom stereocenters. The number of aliphatic carboxylic acids is 2. The van der Waals surface area contributed by atoms with E-state index in [9.17, 15) is 53.4 Å². The van der Waals surface area contributed by atoms with Crippen LogP contribution in [0.2, 0.25) is 0 Å². The van der Waals surface area contributed by atoms with Gasteiger partial charge in [0, 0.05) is 6.42 Å². The molecule has 0 saturated carbocycles. The van der Waals surface area contributed by atoms with Gasteiger partial charge in [0.15, 0.2) is 0 Å². The van der Waals surface area contributed by atoms with Gasteiger partial charge in [-0.05, 0) is 19.3 Å². The lowest BCUT2D eigenvalue weighted by Gasteiger charge is -2.28. The second kappa shape index (κ2) is 20.2. The number of carbonyl (C=O) groups is 9. The Balaban J connectivity index is 5.89. The zero-order chi connectivity index (χ0) is 35.7. The summed E-state index contributed by atoms with van der Waals surface area (Å²) in [5.41, 5.74) is 10.4. The first kappa shape index (κ1) is 41.1. The summed E-state index contributed by atoms with van der Waals surface area (Å²) in [7, 11) is 0. The van der Waals surface area contributed by atoms with Crippen molar-refractivity contribution in [2.75, 3.05) is 19.8 Å². The zero-order valence-corrected chi connectivity index (χ0v) is 25.4. The smallest absolute Gasteiger partial charge is 0.328 e. The van der Waals surface area contributed by atoms with Gasteiger partial charge in [-0.25, -0.2) is 4.79 Å². The number of carboxylic acid groups (broad SMARTS) is 2. The van der Waals surface area contributed by atoms with E-state index in [-0.39, 0.29) is 0 Å². The van der Waals surface area contributed by atoms with E-state index in [4.69, 9.17) is 21.7 Å². The third-order valence-corrected chi connectivity index (χ3v) is 6.13. The first-order chi connectivity index (χ1) is 21.4. The maximum Gasteiger partial charge on any atom is 0.328 e. The minimum atomic E-state index is -1.77. The van der Waals surface area contributed by atoms with E-state index in [2.05, 4.69) is 26.6 Å². The molecule has 0 radical (unpaired) electrons. The van der Waals surface area contributed by atoms with Gasteiger partial charge in [-0.2, -0.15) is 0 Å². The molecule has 0 rings (SSSR count). The zero-order valence-electron chi connectivity index (χ0n) is 25.4. The average Bonchev–Trinajstić information content (AvgIpc) is 2.97. The van der Waals surface area contributed by atoms with Gasteiger partial charge in [-0.3, -0.25) is 38.4 Å². The van der Waals surface area contributed by atoms with Crippen LogP contribution in [0.1, 0.15) is 40.0 Å². The number of aliphatic hydroxyl groups is 2. The summed E-state index contributed by atoms with van der Waals surface area (Å²) in [5, 5.41) is 49.9. The molecule has 0 heterocycles. The minimum absolute atomic E-state index is 0.425. The molecule has 0 fully saturated rings. The minimum Gasteiger partial charge on any atom is -0.481 e. The van der Waals surface area contributed by atoms with Crippen LogP contribution in [-0.4, -0.2) is 130 Å². The summed E-state index contributed by atoms with van der Waals surface area (Å²) >= 11 is 0. The Labute approximate surface area is 262 Å². The van der Waals surface area contributed by atoms with E-state index < -0.39 is 134 Å². The van der Waals surface area contributed by atoms with Crippen molar-refractivity contribution in [1.82, 2.24) is 31.9 Å². The summed E-state index contributed by atoms with van der Waals surface area (Å²) in [6.07, 6.45) is -1.95. The SMILES string of the molecule is CC(C)[C@H](NC(=O)[C@H](CC(N)=O)NC(=O)[C@H](CO)NC(=O)[C@H](C)NC(=O)CN)C(=O)N[C@@H](CCC(=O)O)C(=O)N[C@@H](CO)C(=O)O. The Bertz CT molecular complexity index is 1150. The Hall–Kier alpha value is -4.89. The van der Waals surface area contributed by atoms with Crippen LogP contribution in [-0.2, 0) is 43.2 Å². The Kier molecular flexibility index (Phi) is 18.1. The third-order valence-electron chi connectivity index (χ3n) is 6.13. The molecule has 14 N–H and O–H groups in total. The predicted molar refractivity (Wildman–Crippen MR) is 154 cm³/mol. The van der Waals surface area contributed by atoms with E-state index in [1.54, 1.807) is 0 Å². The van der Waals surface area contributed by atoms with Crippen LogP contribution in [0.3, 0.4) is 0 Å². The Morgan fingerprint density at radius 1 is 0.630 bits per heavy atom.